The van der Waals surface area contributed by atoms with Crippen molar-refractivity contribution < 1.29 is 4.74 Å². The predicted octanol–water partition coefficient (Wildman–Crippen LogP) is 7.39. The second-order valence-electron chi connectivity index (χ2n) is 8.79. The number of rotatable bonds is 0. The van der Waals surface area contributed by atoms with Crippen molar-refractivity contribution in [2.45, 2.75) is 19.3 Å². The van der Waals surface area contributed by atoms with Crippen molar-refractivity contribution >= 4 is 43.6 Å². The van der Waals surface area contributed by atoms with Crippen molar-refractivity contribution in [2.24, 2.45) is 0 Å². The van der Waals surface area contributed by atoms with Crippen LogP contribution in [0.5, 0.6) is 11.5 Å². The number of benzene rings is 4. The first-order chi connectivity index (χ1) is 14.6. The highest BCUT2D eigenvalue weighted by Crippen LogP contribution is 2.53. The Bertz CT molecular complexity index is 1650. The fraction of sp³-hybridized carbons (Fsp3) is 0.111. The summed E-state index contributed by atoms with van der Waals surface area (Å²) >= 11 is 0. The average molecular weight is 388 g/mol. The third-order valence-electron chi connectivity index (χ3n) is 6.79. The summed E-state index contributed by atoms with van der Waals surface area (Å²) in [5.41, 5.74) is 6.77. The molecular weight excluding hydrogens is 368 g/mol. The van der Waals surface area contributed by atoms with Crippen LogP contribution in [0, 0.1) is 0 Å². The molecule has 2 N–H and O–H groups in total. The lowest BCUT2D eigenvalue weighted by Gasteiger charge is -2.35. The molecule has 3 heterocycles. The van der Waals surface area contributed by atoms with Gasteiger partial charge in [-0.3, -0.25) is 0 Å². The number of aromatic nitrogens is 2. The standard InChI is InChI=1S/C27H20N2O/c1-27(2)19-13-11-18-16-8-4-6-10-21(16)29-25(18)26(19)30-22-14-12-17-15-7-3-5-9-20(15)28-24(17)23(22)27/h3-14,28-29H,1-2H3. The van der Waals surface area contributed by atoms with Gasteiger partial charge in [0.2, 0.25) is 0 Å². The number of ether oxygens (including phenoxy) is 1. The van der Waals surface area contributed by atoms with Gasteiger partial charge in [-0.1, -0.05) is 62.4 Å². The zero-order valence-corrected chi connectivity index (χ0v) is 16.8. The largest absolute Gasteiger partial charge is 0.454 e. The van der Waals surface area contributed by atoms with Crippen molar-refractivity contribution in [1.29, 1.82) is 0 Å². The third-order valence-corrected chi connectivity index (χ3v) is 6.79. The van der Waals surface area contributed by atoms with Crippen molar-refractivity contribution in [3.05, 3.63) is 83.9 Å². The van der Waals surface area contributed by atoms with E-state index in [0.717, 1.165) is 28.0 Å². The molecule has 7 rings (SSSR count). The monoisotopic (exact) mass is 388 g/mol. The van der Waals surface area contributed by atoms with Crippen LogP contribution >= 0.6 is 0 Å². The molecular formula is C27H20N2O. The summed E-state index contributed by atoms with van der Waals surface area (Å²) in [6, 6.07) is 25.7. The molecule has 0 amide bonds. The summed E-state index contributed by atoms with van der Waals surface area (Å²) in [4.78, 5) is 7.26. The van der Waals surface area contributed by atoms with Gasteiger partial charge < -0.3 is 14.7 Å². The molecule has 2 aromatic heterocycles. The van der Waals surface area contributed by atoms with Gasteiger partial charge in [0.1, 0.15) is 5.75 Å². The second-order valence-corrected chi connectivity index (χ2v) is 8.79. The van der Waals surface area contributed by atoms with Crippen LogP contribution in [0.15, 0.2) is 72.8 Å². The minimum Gasteiger partial charge on any atom is -0.454 e. The Hall–Kier alpha value is -3.72. The van der Waals surface area contributed by atoms with Crippen LogP contribution in [0.1, 0.15) is 25.0 Å². The van der Waals surface area contributed by atoms with Gasteiger partial charge in [-0.25, -0.2) is 0 Å². The van der Waals surface area contributed by atoms with E-state index >= 15 is 0 Å². The first kappa shape index (κ1) is 16.1. The molecule has 0 spiro atoms. The quantitative estimate of drug-likeness (QED) is 0.280. The number of para-hydroxylation sites is 2. The van der Waals surface area contributed by atoms with Gasteiger partial charge in [0.05, 0.1) is 11.0 Å². The topological polar surface area (TPSA) is 40.8 Å². The van der Waals surface area contributed by atoms with Crippen LogP contribution in [0.25, 0.3) is 43.6 Å². The summed E-state index contributed by atoms with van der Waals surface area (Å²) in [7, 11) is 0. The predicted molar refractivity (Wildman–Crippen MR) is 124 cm³/mol. The molecule has 1 aliphatic heterocycles. The molecule has 3 heteroatoms. The Kier molecular flexibility index (Phi) is 2.82. The molecule has 0 atom stereocenters. The smallest absolute Gasteiger partial charge is 0.155 e. The van der Waals surface area contributed by atoms with Crippen molar-refractivity contribution in [2.75, 3.05) is 0 Å². The van der Waals surface area contributed by atoms with E-state index in [1.54, 1.807) is 0 Å². The van der Waals surface area contributed by atoms with Gasteiger partial charge >= 0.3 is 0 Å². The number of H-pyrrole nitrogens is 2. The van der Waals surface area contributed by atoms with E-state index in [-0.39, 0.29) is 5.41 Å². The lowest BCUT2D eigenvalue weighted by molar-refractivity contribution is 0.424. The van der Waals surface area contributed by atoms with E-state index in [9.17, 15) is 0 Å². The molecule has 0 saturated carbocycles. The first-order valence-electron chi connectivity index (χ1n) is 10.4. The Morgan fingerprint density at radius 2 is 1.23 bits per heavy atom. The van der Waals surface area contributed by atoms with Crippen LogP contribution in [-0.2, 0) is 5.41 Å². The Balaban J connectivity index is 1.57. The molecule has 0 radical (unpaired) electrons. The Morgan fingerprint density at radius 3 is 1.97 bits per heavy atom. The highest BCUT2D eigenvalue weighted by molar-refractivity contribution is 6.11. The van der Waals surface area contributed by atoms with Gasteiger partial charge in [0.25, 0.3) is 0 Å². The summed E-state index contributed by atoms with van der Waals surface area (Å²) in [5.74, 6) is 1.87. The van der Waals surface area contributed by atoms with Crippen molar-refractivity contribution in [3.8, 4) is 11.5 Å². The number of fused-ring (bicyclic) bond motifs is 10. The molecule has 0 saturated heterocycles. The first-order valence-corrected chi connectivity index (χ1v) is 10.4. The summed E-state index contributed by atoms with van der Waals surface area (Å²) in [5, 5.41) is 4.93. The Morgan fingerprint density at radius 1 is 0.633 bits per heavy atom. The van der Waals surface area contributed by atoms with E-state index in [2.05, 4.69) is 96.6 Å². The van der Waals surface area contributed by atoms with E-state index in [1.807, 2.05) is 0 Å². The van der Waals surface area contributed by atoms with Gasteiger partial charge in [0.15, 0.2) is 5.75 Å². The minimum atomic E-state index is -0.200. The zero-order chi connectivity index (χ0) is 20.0. The molecule has 0 unspecified atom stereocenters. The molecule has 4 aromatic carbocycles. The van der Waals surface area contributed by atoms with E-state index < -0.39 is 0 Å². The van der Waals surface area contributed by atoms with Crippen LogP contribution in [0.3, 0.4) is 0 Å². The fourth-order valence-corrected chi connectivity index (χ4v) is 5.34. The maximum Gasteiger partial charge on any atom is 0.155 e. The van der Waals surface area contributed by atoms with Gasteiger partial charge in [-0.05, 0) is 24.3 Å². The average Bonchev–Trinajstić information content (AvgIpc) is 3.31. The molecule has 1 aliphatic rings. The molecule has 3 nitrogen and oxygen atoms in total. The van der Waals surface area contributed by atoms with Gasteiger partial charge in [-0.15, -0.1) is 0 Å². The fourth-order valence-electron chi connectivity index (χ4n) is 5.34. The van der Waals surface area contributed by atoms with Crippen LogP contribution in [0.2, 0.25) is 0 Å². The molecule has 0 fully saturated rings. The van der Waals surface area contributed by atoms with Gasteiger partial charge in [0, 0.05) is 49.1 Å². The minimum absolute atomic E-state index is 0.200. The number of hydrogen-bond donors (Lipinski definition) is 2. The lowest BCUT2D eigenvalue weighted by Crippen LogP contribution is -2.25. The molecule has 6 aromatic rings. The van der Waals surface area contributed by atoms with Crippen molar-refractivity contribution in [3.63, 3.8) is 0 Å². The summed E-state index contributed by atoms with van der Waals surface area (Å²) in [6.45, 7) is 4.60. The molecule has 0 aliphatic carbocycles. The van der Waals surface area contributed by atoms with E-state index in [4.69, 9.17) is 4.74 Å². The maximum absolute atomic E-state index is 6.61. The lowest BCUT2D eigenvalue weighted by atomic mass is 9.74. The summed E-state index contributed by atoms with van der Waals surface area (Å²) in [6.07, 6.45) is 0. The zero-order valence-electron chi connectivity index (χ0n) is 16.8. The second kappa shape index (κ2) is 5.25. The van der Waals surface area contributed by atoms with Crippen LogP contribution < -0.4 is 4.74 Å². The van der Waals surface area contributed by atoms with Crippen LogP contribution in [-0.4, -0.2) is 9.97 Å². The highest BCUT2D eigenvalue weighted by Gasteiger charge is 2.37. The number of aromatic amines is 2. The SMILES string of the molecule is CC1(C)c2ccc3c([nH]c4ccccc43)c2Oc2ccc3c([nH]c4ccccc43)c21. The molecule has 0 bridgehead atoms. The normalized spacial score (nSPS) is 14.9. The molecule has 144 valence electrons. The van der Waals surface area contributed by atoms with Crippen LogP contribution in [0.4, 0.5) is 0 Å². The number of hydrogen-bond acceptors (Lipinski definition) is 1. The van der Waals surface area contributed by atoms with Crippen molar-refractivity contribution in [1.82, 2.24) is 9.97 Å². The highest BCUT2D eigenvalue weighted by atomic mass is 16.5. The van der Waals surface area contributed by atoms with E-state index in [0.29, 0.717) is 0 Å². The van der Waals surface area contributed by atoms with E-state index in [1.165, 1.54) is 38.2 Å². The number of nitrogens with one attached hydrogen (secondary N) is 2. The molecule has 30 heavy (non-hydrogen) atoms. The van der Waals surface area contributed by atoms with Gasteiger partial charge in [-0.2, -0.15) is 0 Å². The maximum atomic E-state index is 6.61. The third kappa shape index (κ3) is 1.85. The Labute approximate surface area is 173 Å². The summed E-state index contributed by atoms with van der Waals surface area (Å²) < 4.78 is 6.61.